The summed E-state index contributed by atoms with van der Waals surface area (Å²) in [6, 6.07) is 2.14. The van der Waals surface area contributed by atoms with Crippen molar-refractivity contribution < 1.29 is 9.53 Å². The molecule has 17 heavy (non-hydrogen) atoms. The standard InChI is InChI=1S/C10H11Cl3N2O2/c1-17-4-8(14)10(16)15-9-3-6(12)5(11)2-7(9)13/h2-3,8H,4,14H2,1H3,(H,15,16). The van der Waals surface area contributed by atoms with Gasteiger partial charge in [-0.15, -0.1) is 0 Å². The van der Waals surface area contributed by atoms with E-state index in [1.807, 2.05) is 0 Å². The molecule has 1 aromatic rings. The van der Waals surface area contributed by atoms with Crippen molar-refractivity contribution in [2.24, 2.45) is 5.73 Å². The lowest BCUT2D eigenvalue weighted by molar-refractivity contribution is -0.118. The van der Waals surface area contributed by atoms with E-state index in [4.69, 9.17) is 45.3 Å². The average molecular weight is 298 g/mol. The van der Waals surface area contributed by atoms with Crippen LogP contribution in [0.5, 0.6) is 0 Å². The van der Waals surface area contributed by atoms with Gasteiger partial charge in [-0.2, -0.15) is 0 Å². The molecule has 1 atom stereocenters. The average Bonchev–Trinajstić information content (AvgIpc) is 2.26. The van der Waals surface area contributed by atoms with Crippen molar-refractivity contribution in [3.63, 3.8) is 0 Å². The van der Waals surface area contributed by atoms with Crippen LogP contribution in [0.25, 0.3) is 0 Å². The summed E-state index contributed by atoms with van der Waals surface area (Å²) in [5.41, 5.74) is 5.91. The number of halogens is 3. The van der Waals surface area contributed by atoms with Crippen LogP contribution in [-0.4, -0.2) is 25.7 Å². The highest BCUT2D eigenvalue weighted by atomic mass is 35.5. The molecule has 0 radical (unpaired) electrons. The molecule has 0 fully saturated rings. The van der Waals surface area contributed by atoms with Gasteiger partial charge >= 0.3 is 0 Å². The first-order valence-corrected chi connectivity index (χ1v) is 5.79. The van der Waals surface area contributed by atoms with Gasteiger partial charge in [-0.25, -0.2) is 0 Å². The van der Waals surface area contributed by atoms with E-state index < -0.39 is 11.9 Å². The zero-order chi connectivity index (χ0) is 13.0. The summed E-state index contributed by atoms with van der Waals surface area (Å²) in [5, 5.41) is 3.45. The number of hydrogen-bond acceptors (Lipinski definition) is 3. The minimum absolute atomic E-state index is 0.116. The van der Waals surface area contributed by atoms with E-state index >= 15 is 0 Å². The number of anilines is 1. The zero-order valence-corrected chi connectivity index (χ0v) is 11.2. The maximum atomic E-state index is 11.6. The predicted molar refractivity (Wildman–Crippen MR) is 70.0 cm³/mol. The van der Waals surface area contributed by atoms with Gasteiger partial charge in [0.05, 0.1) is 27.4 Å². The number of rotatable bonds is 4. The van der Waals surface area contributed by atoms with Gasteiger partial charge < -0.3 is 15.8 Å². The van der Waals surface area contributed by atoms with Gasteiger partial charge in [-0.3, -0.25) is 4.79 Å². The number of nitrogens with one attached hydrogen (secondary N) is 1. The summed E-state index contributed by atoms with van der Waals surface area (Å²) in [5.74, 6) is -0.410. The molecule has 0 saturated heterocycles. The largest absolute Gasteiger partial charge is 0.383 e. The molecule has 0 saturated carbocycles. The summed E-state index contributed by atoms with van der Waals surface area (Å²) in [6.07, 6.45) is 0. The smallest absolute Gasteiger partial charge is 0.243 e. The number of nitrogens with two attached hydrogens (primary N) is 1. The molecule has 0 spiro atoms. The Kier molecular flexibility index (Phi) is 5.49. The molecule has 1 aromatic carbocycles. The number of benzene rings is 1. The van der Waals surface area contributed by atoms with E-state index in [1.165, 1.54) is 19.2 Å². The SMILES string of the molecule is COCC(N)C(=O)Nc1cc(Cl)c(Cl)cc1Cl. The number of ether oxygens (including phenoxy) is 1. The third kappa shape index (κ3) is 4.01. The van der Waals surface area contributed by atoms with E-state index in [1.54, 1.807) is 0 Å². The molecule has 1 unspecified atom stereocenters. The Morgan fingerprint density at radius 3 is 2.53 bits per heavy atom. The van der Waals surface area contributed by atoms with E-state index in [9.17, 15) is 4.79 Å². The number of methoxy groups -OCH3 is 1. The predicted octanol–water partition coefficient (Wildman–Crippen LogP) is 2.56. The van der Waals surface area contributed by atoms with Gasteiger partial charge in [0.1, 0.15) is 6.04 Å². The van der Waals surface area contributed by atoms with Crippen LogP contribution in [0.3, 0.4) is 0 Å². The first-order chi connectivity index (χ1) is 7.95. The molecular weight excluding hydrogens is 286 g/mol. The van der Waals surface area contributed by atoms with E-state index in [2.05, 4.69) is 5.32 Å². The molecule has 3 N–H and O–H groups in total. The molecular formula is C10H11Cl3N2O2. The van der Waals surface area contributed by atoms with Crippen LogP contribution < -0.4 is 11.1 Å². The van der Waals surface area contributed by atoms with Crippen LogP contribution in [0.15, 0.2) is 12.1 Å². The van der Waals surface area contributed by atoms with Crippen molar-refractivity contribution >= 4 is 46.4 Å². The van der Waals surface area contributed by atoms with Crippen molar-refractivity contribution in [3.8, 4) is 0 Å². The minimum Gasteiger partial charge on any atom is -0.383 e. The van der Waals surface area contributed by atoms with Crippen molar-refractivity contribution in [1.29, 1.82) is 0 Å². The van der Waals surface area contributed by atoms with Gasteiger partial charge in [0.2, 0.25) is 5.91 Å². The Morgan fingerprint density at radius 2 is 1.94 bits per heavy atom. The summed E-state index contributed by atoms with van der Waals surface area (Å²) in [6.45, 7) is 0.116. The lowest BCUT2D eigenvalue weighted by Crippen LogP contribution is -2.39. The fourth-order valence-electron chi connectivity index (χ4n) is 1.10. The summed E-state index contributed by atoms with van der Waals surface area (Å²) >= 11 is 17.5. The van der Waals surface area contributed by atoms with Crippen LogP contribution in [-0.2, 0) is 9.53 Å². The minimum atomic E-state index is -0.773. The Bertz CT molecular complexity index is 426. The Hall–Kier alpha value is -0.520. The topological polar surface area (TPSA) is 64.3 Å². The van der Waals surface area contributed by atoms with Crippen LogP contribution >= 0.6 is 34.8 Å². The lowest BCUT2D eigenvalue weighted by Gasteiger charge is -2.12. The molecule has 94 valence electrons. The fourth-order valence-corrected chi connectivity index (χ4v) is 1.69. The summed E-state index contributed by atoms with van der Waals surface area (Å²) < 4.78 is 4.77. The highest BCUT2D eigenvalue weighted by molar-refractivity contribution is 6.44. The molecule has 0 aliphatic rings. The second kappa shape index (κ2) is 6.42. The van der Waals surface area contributed by atoms with Crippen LogP contribution in [0, 0.1) is 0 Å². The second-order valence-electron chi connectivity index (χ2n) is 3.30. The van der Waals surface area contributed by atoms with Gasteiger partial charge in [0, 0.05) is 7.11 Å². The monoisotopic (exact) mass is 296 g/mol. The maximum absolute atomic E-state index is 11.6. The van der Waals surface area contributed by atoms with Crippen molar-refractivity contribution in [3.05, 3.63) is 27.2 Å². The third-order valence-corrected chi connectivity index (χ3v) is 2.99. The number of amides is 1. The highest BCUT2D eigenvalue weighted by Crippen LogP contribution is 2.32. The van der Waals surface area contributed by atoms with Gasteiger partial charge in [0.25, 0.3) is 0 Å². The van der Waals surface area contributed by atoms with Crippen molar-refractivity contribution in [2.45, 2.75) is 6.04 Å². The van der Waals surface area contributed by atoms with E-state index in [0.29, 0.717) is 15.7 Å². The lowest BCUT2D eigenvalue weighted by atomic mass is 10.2. The van der Waals surface area contributed by atoms with Gasteiger partial charge in [0.15, 0.2) is 0 Å². The Labute approximate surface area is 114 Å². The highest BCUT2D eigenvalue weighted by Gasteiger charge is 2.15. The zero-order valence-electron chi connectivity index (χ0n) is 8.97. The van der Waals surface area contributed by atoms with Crippen LogP contribution in [0.2, 0.25) is 15.1 Å². The summed E-state index contributed by atoms with van der Waals surface area (Å²) in [7, 11) is 1.46. The maximum Gasteiger partial charge on any atom is 0.243 e. The molecule has 1 rings (SSSR count). The van der Waals surface area contributed by atoms with Gasteiger partial charge in [-0.05, 0) is 12.1 Å². The molecule has 1 amide bonds. The van der Waals surface area contributed by atoms with Crippen molar-refractivity contribution in [1.82, 2.24) is 0 Å². The normalized spacial score (nSPS) is 12.3. The Balaban J connectivity index is 2.81. The fraction of sp³-hybridized carbons (Fsp3) is 0.300. The van der Waals surface area contributed by atoms with E-state index in [-0.39, 0.29) is 11.6 Å². The first kappa shape index (κ1) is 14.5. The summed E-state index contributed by atoms with van der Waals surface area (Å²) in [4.78, 5) is 11.6. The van der Waals surface area contributed by atoms with Crippen LogP contribution in [0.1, 0.15) is 0 Å². The number of hydrogen-bond donors (Lipinski definition) is 2. The van der Waals surface area contributed by atoms with Gasteiger partial charge in [-0.1, -0.05) is 34.8 Å². The third-order valence-electron chi connectivity index (χ3n) is 1.95. The molecule has 0 heterocycles. The molecule has 0 bridgehead atoms. The Morgan fingerprint density at radius 1 is 1.35 bits per heavy atom. The molecule has 0 aromatic heterocycles. The van der Waals surface area contributed by atoms with E-state index in [0.717, 1.165) is 0 Å². The van der Waals surface area contributed by atoms with Crippen molar-refractivity contribution in [2.75, 3.05) is 19.0 Å². The molecule has 4 nitrogen and oxygen atoms in total. The van der Waals surface area contributed by atoms with Crippen LogP contribution in [0.4, 0.5) is 5.69 Å². The molecule has 0 aliphatic heterocycles. The first-order valence-electron chi connectivity index (χ1n) is 4.65. The quantitative estimate of drug-likeness (QED) is 0.840. The second-order valence-corrected chi connectivity index (χ2v) is 4.52. The molecule has 7 heteroatoms. The molecule has 0 aliphatic carbocycles. The number of carbonyl (C=O) groups is 1. The number of carbonyl (C=O) groups excluding carboxylic acids is 1.